The maximum absolute atomic E-state index is 12.0. The Kier molecular flexibility index (Phi) is 5.41. The summed E-state index contributed by atoms with van der Waals surface area (Å²) in [7, 11) is 0. The molecule has 120 valence electrons. The summed E-state index contributed by atoms with van der Waals surface area (Å²) in [6, 6.07) is 7.31. The van der Waals surface area contributed by atoms with Gasteiger partial charge in [-0.15, -0.1) is 0 Å². The van der Waals surface area contributed by atoms with Crippen LogP contribution in [0.1, 0.15) is 40.0 Å². The molecule has 0 spiro atoms. The molecule has 2 amide bonds. The van der Waals surface area contributed by atoms with Crippen LogP contribution in [0.2, 0.25) is 0 Å². The van der Waals surface area contributed by atoms with Crippen LogP contribution < -0.4 is 16.0 Å². The Labute approximate surface area is 131 Å². The second kappa shape index (κ2) is 7.29. The summed E-state index contributed by atoms with van der Waals surface area (Å²) in [5, 5.41) is 9.00. The third kappa shape index (κ3) is 4.76. The number of carbonyl (C=O) groups excluding carboxylic acids is 2. The highest BCUT2D eigenvalue weighted by atomic mass is 16.2. The van der Waals surface area contributed by atoms with Crippen LogP contribution in [-0.4, -0.2) is 23.9 Å². The van der Waals surface area contributed by atoms with E-state index in [1.807, 2.05) is 45.0 Å². The van der Waals surface area contributed by atoms with Crippen molar-refractivity contribution in [3.05, 3.63) is 24.3 Å². The Balaban J connectivity index is 1.84. The molecule has 0 aliphatic heterocycles. The molecule has 3 N–H and O–H groups in total. The van der Waals surface area contributed by atoms with E-state index in [0.717, 1.165) is 30.6 Å². The van der Waals surface area contributed by atoms with Crippen LogP contribution in [0.3, 0.4) is 0 Å². The van der Waals surface area contributed by atoms with Crippen LogP contribution in [0, 0.1) is 5.92 Å². The second-order valence-electron chi connectivity index (χ2n) is 6.02. The summed E-state index contributed by atoms with van der Waals surface area (Å²) in [6.07, 6.45) is 2.90. The minimum absolute atomic E-state index is 0.0135. The number of nitrogens with one attached hydrogen (secondary N) is 3. The molecule has 0 heterocycles. The number of amides is 2. The van der Waals surface area contributed by atoms with Gasteiger partial charge in [0.15, 0.2) is 0 Å². The molecule has 22 heavy (non-hydrogen) atoms. The van der Waals surface area contributed by atoms with E-state index in [2.05, 4.69) is 16.0 Å². The first kappa shape index (κ1) is 16.3. The summed E-state index contributed by atoms with van der Waals surface area (Å²) < 4.78 is 0. The average molecular weight is 303 g/mol. The van der Waals surface area contributed by atoms with Crippen molar-refractivity contribution in [1.29, 1.82) is 0 Å². The average Bonchev–Trinajstić information content (AvgIpc) is 3.33. The lowest BCUT2D eigenvalue weighted by Gasteiger charge is -2.18. The zero-order valence-corrected chi connectivity index (χ0v) is 13.5. The van der Waals surface area contributed by atoms with Gasteiger partial charge in [0.1, 0.15) is 6.04 Å². The SMILES string of the molecule is CCC(C)NC(=O)C(C)Nc1ccc(NC(=O)C2CC2)cc1. The van der Waals surface area contributed by atoms with Gasteiger partial charge in [0.2, 0.25) is 11.8 Å². The van der Waals surface area contributed by atoms with Gasteiger partial charge in [0.05, 0.1) is 0 Å². The molecular formula is C17H25N3O2. The lowest BCUT2D eigenvalue weighted by Crippen LogP contribution is -2.41. The standard InChI is InChI=1S/C17H25N3O2/c1-4-11(2)18-16(21)12(3)19-14-7-9-15(10-8-14)20-17(22)13-5-6-13/h7-13,19H,4-6H2,1-3H3,(H,18,21)(H,20,22). The maximum atomic E-state index is 12.0. The fourth-order valence-corrected chi connectivity index (χ4v) is 2.03. The molecule has 2 unspecified atom stereocenters. The zero-order chi connectivity index (χ0) is 16.1. The van der Waals surface area contributed by atoms with Crippen LogP contribution in [0.15, 0.2) is 24.3 Å². The fraction of sp³-hybridized carbons (Fsp3) is 0.529. The number of benzene rings is 1. The van der Waals surface area contributed by atoms with Crippen LogP contribution >= 0.6 is 0 Å². The van der Waals surface area contributed by atoms with Crippen molar-refractivity contribution in [3.8, 4) is 0 Å². The highest BCUT2D eigenvalue weighted by Gasteiger charge is 2.29. The van der Waals surface area contributed by atoms with Crippen molar-refractivity contribution in [1.82, 2.24) is 5.32 Å². The van der Waals surface area contributed by atoms with E-state index < -0.39 is 0 Å². The Morgan fingerprint density at radius 3 is 2.27 bits per heavy atom. The number of carbonyl (C=O) groups is 2. The topological polar surface area (TPSA) is 70.2 Å². The first-order valence-electron chi connectivity index (χ1n) is 7.97. The van der Waals surface area contributed by atoms with Crippen molar-refractivity contribution < 1.29 is 9.59 Å². The molecule has 5 heteroatoms. The van der Waals surface area contributed by atoms with Gasteiger partial charge < -0.3 is 16.0 Å². The number of hydrogen-bond acceptors (Lipinski definition) is 3. The molecular weight excluding hydrogens is 278 g/mol. The van der Waals surface area contributed by atoms with Crippen molar-refractivity contribution in [2.45, 2.75) is 52.1 Å². The molecule has 1 aliphatic carbocycles. The molecule has 1 saturated carbocycles. The smallest absolute Gasteiger partial charge is 0.242 e. The minimum Gasteiger partial charge on any atom is -0.374 e. The zero-order valence-electron chi connectivity index (χ0n) is 13.5. The third-order valence-electron chi connectivity index (χ3n) is 3.88. The molecule has 1 aromatic carbocycles. The van der Waals surface area contributed by atoms with E-state index >= 15 is 0 Å². The van der Waals surface area contributed by atoms with Crippen LogP contribution in [0.5, 0.6) is 0 Å². The van der Waals surface area contributed by atoms with Gasteiger partial charge in [-0.1, -0.05) is 6.92 Å². The molecule has 0 radical (unpaired) electrons. The summed E-state index contributed by atoms with van der Waals surface area (Å²) in [5.74, 6) is 0.282. The minimum atomic E-state index is -0.305. The number of rotatable bonds is 7. The second-order valence-corrected chi connectivity index (χ2v) is 6.02. The van der Waals surface area contributed by atoms with E-state index in [1.54, 1.807) is 0 Å². The summed E-state index contributed by atoms with van der Waals surface area (Å²) in [6.45, 7) is 5.86. The number of anilines is 2. The monoisotopic (exact) mass is 303 g/mol. The van der Waals surface area contributed by atoms with E-state index in [1.165, 1.54) is 0 Å². The van der Waals surface area contributed by atoms with E-state index in [0.29, 0.717) is 0 Å². The Morgan fingerprint density at radius 1 is 1.14 bits per heavy atom. The summed E-state index contributed by atoms with van der Waals surface area (Å²) >= 11 is 0. The lowest BCUT2D eigenvalue weighted by atomic mass is 10.2. The van der Waals surface area contributed by atoms with Crippen molar-refractivity contribution in [3.63, 3.8) is 0 Å². The quantitative estimate of drug-likeness (QED) is 0.725. The van der Waals surface area contributed by atoms with Gasteiger partial charge in [-0.25, -0.2) is 0 Å². The van der Waals surface area contributed by atoms with Gasteiger partial charge in [-0.2, -0.15) is 0 Å². The molecule has 0 aromatic heterocycles. The van der Waals surface area contributed by atoms with Gasteiger partial charge in [0.25, 0.3) is 0 Å². The van der Waals surface area contributed by atoms with Crippen molar-refractivity contribution in [2.24, 2.45) is 5.92 Å². The molecule has 5 nitrogen and oxygen atoms in total. The predicted molar refractivity (Wildman–Crippen MR) is 88.8 cm³/mol. The predicted octanol–water partition coefficient (Wildman–Crippen LogP) is 2.75. The van der Waals surface area contributed by atoms with Crippen LogP contribution in [-0.2, 0) is 9.59 Å². The molecule has 2 atom stereocenters. The van der Waals surface area contributed by atoms with E-state index in [9.17, 15) is 9.59 Å². The first-order valence-corrected chi connectivity index (χ1v) is 7.97. The van der Waals surface area contributed by atoms with Gasteiger partial charge in [-0.05, 0) is 57.4 Å². The van der Waals surface area contributed by atoms with Gasteiger partial charge in [0, 0.05) is 23.3 Å². The number of hydrogen-bond donors (Lipinski definition) is 3. The molecule has 2 rings (SSSR count). The van der Waals surface area contributed by atoms with Crippen LogP contribution in [0.25, 0.3) is 0 Å². The maximum Gasteiger partial charge on any atom is 0.242 e. The molecule has 0 saturated heterocycles. The third-order valence-corrected chi connectivity index (χ3v) is 3.88. The Hall–Kier alpha value is -2.04. The van der Waals surface area contributed by atoms with Crippen molar-refractivity contribution >= 4 is 23.2 Å². The first-order chi connectivity index (χ1) is 10.5. The molecule has 1 aromatic rings. The summed E-state index contributed by atoms with van der Waals surface area (Å²) in [4.78, 5) is 23.7. The van der Waals surface area contributed by atoms with Gasteiger partial charge >= 0.3 is 0 Å². The van der Waals surface area contributed by atoms with Crippen molar-refractivity contribution in [2.75, 3.05) is 10.6 Å². The Morgan fingerprint density at radius 2 is 1.73 bits per heavy atom. The normalized spacial score (nSPS) is 16.5. The molecule has 1 aliphatic rings. The molecule has 1 fully saturated rings. The Bertz CT molecular complexity index is 523. The van der Waals surface area contributed by atoms with Crippen LogP contribution in [0.4, 0.5) is 11.4 Å². The highest BCUT2D eigenvalue weighted by molar-refractivity contribution is 5.94. The summed E-state index contributed by atoms with van der Waals surface area (Å²) in [5.41, 5.74) is 1.65. The fourth-order valence-electron chi connectivity index (χ4n) is 2.03. The lowest BCUT2D eigenvalue weighted by molar-refractivity contribution is -0.122. The largest absolute Gasteiger partial charge is 0.374 e. The van der Waals surface area contributed by atoms with E-state index in [-0.39, 0.29) is 29.8 Å². The van der Waals surface area contributed by atoms with Gasteiger partial charge in [-0.3, -0.25) is 9.59 Å². The molecule has 0 bridgehead atoms. The van der Waals surface area contributed by atoms with E-state index in [4.69, 9.17) is 0 Å². The highest BCUT2D eigenvalue weighted by Crippen LogP contribution is 2.30.